The number of hydrogen-bond acceptors (Lipinski definition) is 6. The topological polar surface area (TPSA) is 107 Å². The van der Waals surface area contributed by atoms with Crippen molar-refractivity contribution < 1.29 is 19.5 Å². The van der Waals surface area contributed by atoms with Crippen LogP contribution in [0.5, 0.6) is 5.75 Å². The zero-order valence-corrected chi connectivity index (χ0v) is 11.9. The van der Waals surface area contributed by atoms with E-state index < -0.39 is 6.10 Å². The minimum atomic E-state index is -0.475. The summed E-state index contributed by atoms with van der Waals surface area (Å²) in [5.74, 6) is 0.391. The second-order valence-electron chi connectivity index (χ2n) is 3.64. The number of ether oxygens (including phenoxy) is 2. The second kappa shape index (κ2) is 10.7. The molecule has 0 bridgehead atoms. The molecule has 0 saturated heterocycles. The fourth-order valence-corrected chi connectivity index (χ4v) is 1.03. The predicted molar refractivity (Wildman–Crippen MR) is 75.1 cm³/mol. The fourth-order valence-electron chi connectivity index (χ4n) is 1.03. The molecule has 3 N–H and O–H groups in total. The molecule has 1 rings (SSSR count). The lowest BCUT2D eigenvalue weighted by molar-refractivity contribution is -0.113. The van der Waals surface area contributed by atoms with Gasteiger partial charge in [-0.05, 0) is 25.5 Å². The van der Waals surface area contributed by atoms with Gasteiger partial charge in [-0.1, -0.05) is 12.1 Å². The van der Waals surface area contributed by atoms with Crippen LogP contribution in [0.1, 0.15) is 26.0 Å². The molecule has 1 aromatic rings. The van der Waals surface area contributed by atoms with E-state index in [9.17, 15) is 4.79 Å². The van der Waals surface area contributed by atoms with Crippen LogP contribution in [0, 0.1) is 0 Å². The standard InChI is InChI=1S/C10H13N3O3.C3H8O/c1-2-7(6-14)16-8-3-4-9(12-5-8)10(11)13-15;1-3-4-2/h3-7,15H,2H2,1H3,(H2,11,13);3H2,1-2H3. The lowest BCUT2D eigenvalue weighted by Crippen LogP contribution is -2.18. The van der Waals surface area contributed by atoms with Crippen LogP contribution < -0.4 is 10.5 Å². The van der Waals surface area contributed by atoms with Crippen LogP contribution in [-0.2, 0) is 9.53 Å². The monoisotopic (exact) mass is 283 g/mol. The smallest absolute Gasteiger partial charge is 0.188 e. The Labute approximate surface area is 118 Å². The molecule has 1 aromatic heterocycles. The Morgan fingerprint density at radius 1 is 1.55 bits per heavy atom. The lowest BCUT2D eigenvalue weighted by Gasteiger charge is -2.10. The van der Waals surface area contributed by atoms with Gasteiger partial charge in [0.25, 0.3) is 0 Å². The maximum Gasteiger partial charge on any atom is 0.188 e. The predicted octanol–water partition coefficient (Wildman–Crippen LogP) is 1.19. The van der Waals surface area contributed by atoms with Gasteiger partial charge in [0.1, 0.15) is 11.4 Å². The number of oxime groups is 1. The van der Waals surface area contributed by atoms with E-state index >= 15 is 0 Å². The van der Waals surface area contributed by atoms with Crippen LogP contribution in [0.15, 0.2) is 23.5 Å². The van der Waals surface area contributed by atoms with Gasteiger partial charge in [-0.3, -0.25) is 4.79 Å². The van der Waals surface area contributed by atoms with Gasteiger partial charge in [0.2, 0.25) is 0 Å². The van der Waals surface area contributed by atoms with Gasteiger partial charge in [0.05, 0.1) is 6.20 Å². The Hall–Kier alpha value is -2.15. The molecule has 0 aliphatic heterocycles. The maximum absolute atomic E-state index is 10.5. The van der Waals surface area contributed by atoms with E-state index in [4.69, 9.17) is 15.7 Å². The molecular weight excluding hydrogens is 262 g/mol. The zero-order chi connectivity index (χ0) is 15.4. The average Bonchev–Trinajstić information content (AvgIpc) is 2.52. The van der Waals surface area contributed by atoms with Crippen LogP contribution in [0.2, 0.25) is 0 Å². The van der Waals surface area contributed by atoms with Crippen molar-refractivity contribution in [3.05, 3.63) is 24.0 Å². The van der Waals surface area contributed by atoms with Crippen molar-refractivity contribution in [2.45, 2.75) is 26.4 Å². The molecule has 7 heteroatoms. The van der Waals surface area contributed by atoms with E-state index in [1.54, 1.807) is 19.2 Å². The number of rotatable bonds is 6. The summed E-state index contributed by atoms with van der Waals surface area (Å²) in [5, 5.41) is 11.2. The van der Waals surface area contributed by atoms with Crippen LogP contribution in [-0.4, -0.2) is 42.1 Å². The van der Waals surface area contributed by atoms with E-state index in [0.717, 1.165) is 12.9 Å². The van der Waals surface area contributed by atoms with E-state index in [-0.39, 0.29) is 5.84 Å². The number of aromatic nitrogens is 1. The Morgan fingerprint density at radius 3 is 2.55 bits per heavy atom. The van der Waals surface area contributed by atoms with Crippen molar-refractivity contribution >= 4 is 12.1 Å². The van der Waals surface area contributed by atoms with Crippen LogP contribution in [0.3, 0.4) is 0 Å². The number of carbonyl (C=O) groups excluding carboxylic acids is 1. The highest BCUT2D eigenvalue weighted by Gasteiger charge is 2.07. The molecular formula is C13H21N3O4. The molecule has 1 atom stereocenters. The number of pyridine rings is 1. The number of carbonyl (C=O) groups is 1. The van der Waals surface area contributed by atoms with E-state index in [1.165, 1.54) is 6.20 Å². The van der Waals surface area contributed by atoms with Gasteiger partial charge in [-0.2, -0.15) is 0 Å². The quantitative estimate of drug-likeness (QED) is 0.267. The SMILES string of the molecule is CCC(C=O)Oc1ccc(/C(N)=N/O)nc1.CCOC. The van der Waals surface area contributed by atoms with Gasteiger partial charge < -0.3 is 20.4 Å². The van der Waals surface area contributed by atoms with E-state index in [2.05, 4.69) is 14.9 Å². The Bertz CT molecular complexity index is 405. The summed E-state index contributed by atoms with van der Waals surface area (Å²) in [4.78, 5) is 14.5. The molecule has 0 aromatic carbocycles. The molecule has 0 aliphatic carbocycles. The molecule has 0 amide bonds. The van der Waals surface area contributed by atoms with Crippen molar-refractivity contribution in [3.63, 3.8) is 0 Å². The Morgan fingerprint density at radius 2 is 2.20 bits per heavy atom. The largest absolute Gasteiger partial charge is 0.481 e. The summed E-state index contributed by atoms with van der Waals surface area (Å²) < 4.78 is 9.85. The zero-order valence-electron chi connectivity index (χ0n) is 11.9. The third kappa shape index (κ3) is 6.69. The van der Waals surface area contributed by atoms with Gasteiger partial charge in [0, 0.05) is 13.7 Å². The molecule has 7 nitrogen and oxygen atoms in total. The lowest BCUT2D eigenvalue weighted by atomic mass is 10.3. The third-order valence-electron chi connectivity index (χ3n) is 2.24. The first-order chi connectivity index (χ1) is 9.62. The number of methoxy groups -OCH3 is 1. The van der Waals surface area contributed by atoms with Gasteiger partial charge in [-0.15, -0.1) is 0 Å². The van der Waals surface area contributed by atoms with Gasteiger partial charge in [-0.25, -0.2) is 4.98 Å². The molecule has 112 valence electrons. The summed E-state index contributed by atoms with van der Waals surface area (Å²) in [6, 6.07) is 3.15. The highest BCUT2D eigenvalue weighted by Crippen LogP contribution is 2.11. The van der Waals surface area contributed by atoms with E-state index in [1.807, 2.05) is 13.8 Å². The molecule has 20 heavy (non-hydrogen) atoms. The molecule has 0 radical (unpaired) electrons. The number of nitrogens with two attached hydrogens (primary N) is 1. The normalized spacial score (nSPS) is 12.1. The van der Waals surface area contributed by atoms with Crippen molar-refractivity contribution in [2.75, 3.05) is 13.7 Å². The van der Waals surface area contributed by atoms with Crippen LogP contribution >= 0.6 is 0 Å². The minimum Gasteiger partial charge on any atom is -0.481 e. The van der Waals surface area contributed by atoms with Crippen molar-refractivity contribution in [3.8, 4) is 5.75 Å². The molecule has 0 saturated carbocycles. The van der Waals surface area contributed by atoms with E-state index in [0.29, 0.717) is 17.9 Å². The minimum absolute atomic E-state index is 0.0750. The van der Waals surface area contributed by atoms with Crippen LogP contribution in [0.25, 0.3) is 0 Å². The second-order valence-corrected chi connectivity index (χ2v) is 3.64. The van der Waals surface area contributed by atoms with Gasteiger partial charge >= 0.3 is 0 Å². The molecule has 0 spiro atoms. The fraction of sp³-hybridized carbons (Fsp3) is 0.462. The van der Waals surface area contributed by atoms with Crippen molar-refractivity contribution in [1.82, 2.24) is 4.98 Å². The first kappa shape index (κ1) is 17.8. The average molecular weight is 283 g/mol. The first-order valence-corrected chi connectivity index (χ1v) is 6.17. The summed E-state index contributed by atoms with van der Waals surface area (Å²) in [5.41, 5.74) is 5.68. The van der Waals surface area contributed by atoms with Gasteiger partial charge in [0.15, 0.2) is 18.2 Å². The number of nitrogens with zero attached hydrogens (tertiary/aromatic N) is 2. The number of aldehydes is 1. The summed E-state index contributed by atoms with van der Waals surface area (Å²) in [6.45, 7) is 4.62. The number of amidine groups is 1. The van der Waals surface area contributed by atoms with Crippen molar-refractivity contribution in [1.29, 1.82) is 0 Å². The highest BCUT2D eigenvalue weighted by molar-refractivity contribution is 5.95. The first-order valence-electron chi connectivity index (χ1n) is 6.17. The highest BCUT2D eigenvalue weighted by atomic mass is 16.5. The summed E-state index contributed by atoms with van der Waals surface area (Å²) >= 11 is 0. The Balaban J connectivity index is 0.000000796. The number of hydrogen-bond donors (Lipinski definition) is 2. The summed E-state index contributed by atoms with van der Waals surface area (Å²) in [7, 11) is 1.68. The molecule has 0 aliphatic rings. The third-order valence-corrected chi connectivity index (χ3v) is 2.24. The van der Waals surface area contributed by atoms with Crippen molar-refractivity contribution in [2.24, 2.45) is 10.9 Å². The molecule has 0 fully saturated rings. The maximum atomic E-state index is 10.5. The Kier molecular flexibility index (Phi) is 9.59. The molecule has 1 unspecified atom stereocenters. The molecule has 1 heterocycles. The van der Waals surface area contributed by atoms with Crippen LogP contribution in [0.4, 0.5) is 0 Å². The summed E-state index contributed by atoms with van der Waals surface area (Å²) in [6.07, 6.45) is 2.26.